The van der Waals surface area contributed by atoms with E-state index in [-0.39, 0.29) is 126 Å². The van der Waals surface area contributed by atoms with Crippen LogP contribution in [0.1, 0.15) is 65.9 Å². The van der Waals surface area contributed by atoms with Crippen LogP contribution in [0.5, 0.6) is 0 Å². The summed E-state index contributed by atoms with van der Waals surface area (Å²) in [7, 11) is -3.59. The molecule has 0 saturated heterocycles. The first kappa shape index (κ1) is 63.3. The number of sulfonamides is 2. The topological polar surface area (TPSA) is 212 Å². The number of carbonyl (C=O) groups is 2. The largest absolute Gasteiger partial charge is 0.378 e. The fourth-order valence-corrected chi connectivity index (χ4v) is 12.6. The van der Waals surface area contributed by atoms with Crippen molar-refractivity contribution in [2.45, 2.75) is 34.7 Å². The first-order valence-electron chi connectivity index (χ1n) is 26.1. The lowest BCUT2D eigenvalue weighted by atomic mass is 9.85. The summed E-state index contributed by atoms with van der Waals surface area (Å²) in [5.41, 5.74) is 6.31. The molecular formula is C56H68Cl4N6O12S2. The minimum Gasteiger partial charge on any atom is -0.378 e. The second kappa shape index (κ2) is 31.4. The minimum absolute atomic E-state index is 0.0810. The number of ether oxygens (including phenoxy) is 6. The van der Waals surface area contributed by atoms with Crippen LogP contribution >= 0.6 is 46.4 Å². The van der Waals surface area contributed by atoms with Gasteiger partial charge in [-0.1, -0.05) is 76.7 Å². The Kier molecular flexibility index (Phi) is 24.8. The highest BCUT2D eigenvalue weighted by atomic mass is 35.5. The average Bonchev–Trinajstić information content (AvgIpc) is 3.43. The van der Waals surface area contributed by atoms with Crippen LogP contribution in [0.3, 0.4) is 0 Å². The van der Waals surface area contributed by atoms with E-state index in [0.29, 0.717) is 70.6 Å². The number of hydrogen-bond donors (Lipinski definition) is 4. The van der Waals surface area contributed by atoms with Gasteiger partial charge in [0.05, 0.1) is 89.1 Å². The van der Waals surface area contributed by atoms with Crippen molar-refractivity contribution in [2.24, 2.45) is 0 Å². The highest BCUT2D eigenvalue weighted by Gasteiger charge is 2.30. The summed E-state index contributed by atoms with van der Waals surface area (Å²) in [6.07, 6.45) is 0. The number of benzene rings is 5. The first-order chi connectivity index (χ1) is 38.5. The number of likely N-dealkylation sites (N-methyl/N-ethyl adjacent to an activating group) is 2. The van der Waals surface area contributed by atoms with Gasteiger partial charge >= 0.3 is 0 Å². The Balaban J connectivity index is 0.662. The van der Waals surface area contributed by atoms with Gasteiger partial charge in [-0.3, -0.25) is 9.59 Å². The first-order valence-corrected chi connectivity index (χ1v) is 30.6. The summed E-state index contributed by atoms with van der Waals surface area (Å²) < 4.78 is 91.2. The van der Waals surface area contributed by atoms with Gasteiger partial charge in [-0.2, -0.15) is 0 Å². The Bertz CT molecular complexity index is 2910. The number of halogens is 4. The van der Waals surface area contributed by atoms with Crippen molar-refractivity contribution in [3.05, 3.63) is 162 Å². The average molecular weight is 1220 g/mol. The fourth-order valence-electron chi connectivity index (χ4n) is 9.28. The van der Waals surface area contributed by atoms with Gasteiger partial charge in [-0.25, -0.2) is 26.3 Å². The molecule has 0 bridgehead atoms. The van der Waals surface area contributed by atoms with Crippen molar-refractivity contribution in [3.63, 3.8) is 0 Å². The van der Waals surface area contributed by atoms with Crippen molar-refractivity contribution in [2.75, 3.05) is 133 Å². The molecule has 2 heterocycles. The molecule has 2 amide bonds. The molecule has 0 spiro atoms. The van der Waals surface area contributed by atoms with Crippen LogP contribution < -0.4 is 20.1 Å². The number of nitrogens with one attached hydrogen (secondary N) is 4. The maximum Gasteiger partial charge on any atom is 0.251 e. The standard InChI is InChI=1S/C56H68Cl4N6O12S2/c1-65-35-49(47-31-43(57)33-53(59)51(47)37-65)39-6-4-10-45(29-39)79(69,70)63-14-18-75-22-26-77-24-20-73-16-12-61-55(67)41-8-3-9-42(28-41)56(68)62-13-17-74-21-25-78-27-23-76-19-15-64-80(71,72)46-11-5-7-40(30-46)50-36-66(2)38-52-48(50)32-44(58)34-54(52)60/h3-11,28-34,49-50,63-64H,12-27,35-38H2,1-2H3,(H,61,67)(H,62,68). The Morgan fingerprint density at radius 3 is 1.21 bits per heavy atom. The van der Waals surface area contributed by atoms with E-state index in [0.717, 1.165) is 33.4 Å². The predicted molar refractivity (Wildman–Crippen MR) is 309 cm³/mol. The third-order valence-corrected chi connectivity index (χ3v) is 17.2. The Morgan fingerprint density at radius 2 is 0.825 bits per heavy atom. The van der Waals surface area contributed by atoms with Crippen molar-refractivity contribution >= 4 is 78.3 Å². The molecule has 5 aromatic carbocycles. The zero-order chi connectivity index (χ0) is 57.1. The molecule has 7 rings (SSSR count). The normalized spacial score (nSPS) is 15.8. The van der Waals surface area contributed by atoms with Crippen LogP contribution in [0.2, 0.25) is 20.1 Å². The lowest BCUT2D eigenvalue weighted by Gasteiger charge is -2.33. The lowest BCUT2D eigenvalue weighted by Crippen LogP contribution is -2.31. The smallest absolute Gasteiger partial charge is 0.251 e. The lowest BCUT2D eigenvalue weighted by molar-refractivity contribution is 0.0162. The Morgan fingerprint density at radius 1 is 0.475 bits per heavy atom. The van der Waals surface area contributed by atoms with E-state index in [1.54, 1.807) is 66.7 Å². The molecule has 0 radical (unpaired) electrons. The third-order valence-electron chi connectivity index (χ3n) is 13.1. The molecule has 0 fully saturated rings. The van der Waals surface area contributed by atoms with Crippen molar-refractivity contribution in [1.82, 2.24) is 29.9 Å². The monoisotopic (exact) mass is 1220 g/mol. The SMILES string of the molecule is CN1Cc2c(Cl)cc(Cl)cc2C(c2cccc(S(=O)(=O)NCCOCCOCCOCCNC(=O)c3cccc(C(=O)NCCOCCOCCOCCNS(=O)(=O)c4cccc(C5CN(C)Cc6c(Cl)cc(Cl)cc65)c4)c3)c2)C1. The minimum atomic E-state index is -3.80. The summed E-state index contributed by atoms with van der Waals surface area (Å²) in [5.74, 6) is -0.904. The molecule has 18 nitrogen and oxygen atoms in total. The van der Waals surface area contributed by atoms with E-state index in [1.807, 2.05) is 38.4 Å². The van der Waals surface area contributed by atoms with E-state index >= 15 is 0 Å². The quantitative estimate of drug-likeness (QED) is 0.0321. The Labute approximate surface area is 489 Å². The van der Waals surface area contributed by atoms with E-state index < -0.39 is 20.0 Å². The van der Waals surface area contributed by atoms with Crippen molar-refractivity contribution in [3.8, 4) is 0 Å². The molecule has 5 aromatic rings. The molecule has 2 aliphatic heterocycles. The highest BCUT2D eigenvalue weighted by molar-refractivity contribution is 7.89. The molecule has 2 unspecified atom stereocenters. The van der Waals surface area contributed by atoms with E-state index in [2.05, 4.69) is 29.9 Å². The molecule has 0 saturated carbocycles. The van der Waals surface area contributed by atoms with Gasteiger partial charge in [0, 0.05) is 95.4 Å². The van der Waals surface area contributed by atoms with Crippen LogP contribution in [-0.4, -0.2) is 171 Å². The van der Waals surface area contributed by atoms with Crippen LogP contribution in [0, 0.1) is 0 Å². The van der Waals surface area contributed by atoms with Crippen LogP contribution in [0.25, 0.3) is 0 Å². The number of nitrogens with zero attached hydrogens (tertiary/aromatic N) is 2. The van der Waals surface area contributed by atoms with Crippen molar-refractivity contribution < 1.29 is 54.8 Å². The van der Waals surface area contributed by atoms with Gasteiger partial charge in [-0.05, 0) is 114 Å². The van der Waals surface area contributed by atoms with Gasteiger partial charge in [-0.15, -0.1) is 0 Å². The number of fused-ring (bicyclic) bond motifs is 2. The van der Waals surface area contributed by atoms with Gasteiger partial charge in [0.15, 0.2) is 0 Å². The number of carbonyl (C=O) groups excluding carboxylic acids is 2. The number of hydrogen-bond acceptors (Lipinski definition) is 14. The molecule has 24 heteroatoms. The number of rotatable bonds is 32. The highest BCUT2D eigenvalue weighted by Crippen LogP contribution is 2.40. The zero-order valence-electron chi connectivity index (χ0n) is 44.7. The maximum atomic E-state index is 13.2. The maximum absolute atomic E-state index is 13.2. The second-order valence-corrected chi connectivity index (χ2v) is 24.3. The zero-order valence-corrected chi connectivity index (χ0v) is 49.3. The Hall–Kier alpha value is -4.30. The predicted octanol–water partition coefficient (Wildman–Crippen LogP) is 6.97. The molecule has 2 aliphatic rings. The summed E-state index contributed by atoms with van der Waals surface area (Å²) in [6, 6.07) is 27.4. The van der Waals surface area contributed by atoms with Crippen LogP contribution in [0.4, 0.5) is 0 Å². The van der Waals surface area contributed by atoms with Gasteiger partial charge in [0.1, 0.15) is 0 Å². The van der Waals surface area contributed by atoms with Gasteiger partial charge < -0.3 is 48.9 Å². The fraction of sp³-hybridized carbons (Fsp3) is 0.429. The number of amides is 2. The second-order valence-electron chi connectivity index (χ2n) is 19.1. The summed E-state index contributed by atoms with van der Waals surface area (Å²) in [5, 5.41) is 7.82. The molecular weight excluding hydrogens is 1150 g/mol. The summed E-state index contributed by atoms with van der Waals surface area (Å²) in [6.45, 7) is 6.44. The molecule has 0 aliphatic carbocycles. The van der Waals surface area contributed by atoms with Gasteiger partial charge in [0.2, 0.25) is 20.0 Å². The molecule has 2 atom stereocenters. The van der Waals surface area contributed by atoms with Crippen molar-refractivity contribution in [1.29, 1.82) is 0 Å². The summed E-state index contributed by atoms with van der Waals surface area (Å²) in [4.78, 5) is 30.2. The molecule has 434 valence electrons. The van der Waals surface area contributed by atoms with E-state index in [9.17, 15) is 26.4 Å². The third kappa shape index (κ3) is 18.9. The molecule has 0 aromatic heterocycles. The van der Waals surface area contributed by atoms with Crippen LogP contribution in [-0.2, 0) is 61.6 Å². The summed E-state index contributed by atoms with van der Waals surface area (Å²) >= 11 is 25.7. The van der Waals surface area contributed by atoms with Gasteiger partial charge in [0.25, 0.3) is 11.8 Å². The molecule has 4 N–H and O–H groups in total. The van der Waals surface area contributed by atoms with Crippen LogP contribution in [0.15, 0.2) is 107 Å². The van der Waals surface area contributed by atoms with E-state index in [4.69, 9.17) is 74.8 Å². The molecule has 80 heavy (non-hydrogen) atoms. The van der Waals surface area contributed by atoms with E-state index in [1.165, 1.54) is 6.07 Å².